The molecule has 0 bridgehead atoms. The topological polar surface area (TPSA) is 41.1 Å². The predicted molar refractivity (Wildman–Crippen MR) is 80.6 cm³/mol. The molecule has 1 heterocycles. The number of fused-ring (bicyclic) bond motifs is 1. The molecule has 0 spiro atoms. The first kappa shape index (κ1) is 13.6. The zero-order chi connectivity index (χ0) is 13.8. The molecule has 20 heavy (non-hydrogen) atoms. The Balaban J connectivity index is 1.46. The lowest BCUT2D eigenvalue weighted by Gasteiger charge is -2.24. The maximum atomic E-state index is 12.3. The largest absolute Gasteiger partial charge is 0.356 e. The number of carbonyl (C=O) groups excluding carboxylic acids is 1. The van der Waals surface area contributed by atoms with Crippen molar-refractivity contribution < 1.29 is 4.79 Å². The highest BCUT2D eigenvalue weighted by atomic mass is 16.1. The van der Waals surface area contributed by atoms with Crippen LogP contribution in [0.15, 0.2) is 24.3 Å². The van der Waals surface area contributed by atoms with Gasteiger partial charge in [-0.25, -0.2) is 0 Å². The van der Waals surface area contributed by atoms with Crippen molar-refractivity contribution in [2.75, 3.05) is 19.6 Å². The van der Waals surface area contributed by atoms with E-state index in [1.807, 2.05) is 0 Å². The standard InChI is InChI=1S/C17H24N2O/c20-17(19-10-8-13-7-9-18-12-13)16-6-5-14-3-1-2-4-15(14)11-16/h1-4,13,16,18H,5-12H2,(H,19,20). The van der Waals surface area contributed by atoms with Gasteiger partial charge in [0.05, 0.1) is 0 Å². The molecule has 1 aliphatic heterocycles. The third kappa shape index (κ3) is 3.21. The minimum atomic E-state index is 0.173. The number of aryl methyl sites for hydroxylation is 1. The first-order valence-corrected chi connectivity index (χ1v) is 7.88. The van der Waals surface area contributed by atoms with E-state index in [4.69, 9.17) is 0 Å². The fourth-order valence-corrected chi connectivity index (χ4v) is 3.43. The summed E-state index contributed by atoms with van der Waals surface area (Å²) in [5.41, 5.74) is 2.78. The molecule has 1 aromatic rings. The van der Waals surface area contributed by atoms with E-state index in [1.165, 1.54) is 17.5 Å². The van der Waals surface area contributed by atoms with Gasteiger partial charge in [0.2, 0.25) is 5.91 Å². The van der Waals surface area contributed by atoms with Gasteiger partial charge in [0.1, 0.15) is 0 Å². The second-order valence-electron chi connectivity index (χ2n) is 6.15. The third-order valence-corrected chi connectivity index (χ3v) is 4.73. The highest BCUT2D eigenvalue weighted by Crippen LogP contribution is 2.25. The zero-order valence-electron chi connectivity index (χ0n) is 12.0. The quantitative estimate of drug-likeness (QED) is 0.879. The molecule has 0 radical (unpaired) electrons. The molecule has 2 aliphatic rings. The van der Waals surface area contributed by atoms with Gasteiger partial charge in [0.25, 0.3) is 0 Å². The summed E-state index contributed by atoms with van der Waals surface area (Å²) in [5, 5.41) is 6.52. The summed E-state index contributed by atoms with van der Waals surface area (Å²) in [6, 6.07) is 8.52. The Kier molecular flexibility index (Phi) is 4.36. The van der Waals surface area contributed by atoms with Crippen molar-refractivity contribution in [3.63, 3.8) is 0 Å². The summed E-state index contributed by atoms with van der Waals surface area (Å²) < 4.78 is 0. The van der Waals surface area contributed by atoms with Crippen molar-refractivity contribution in [1.82, 2.24) is 10.6 Å². The zero-order valence-corrected chi connectivity index (χ0v) is 12.0. The van der Waals surface area contributed by atoms with Crippen LogP contribution in [-0.2, 0) is 17.6 Å². The van der Waals surface area contributed by atoms with E-state index in [1.54, 1.807) is 0 Å². The number of rotatable bonds is 4. The Bertz CT molecular complexity index is 466. The SMILES string of the molecule is O=C(NCCC1CCNC1)C1CCc2ccccc2C1. The van der Waals surface area contributed by atoms with Crippen LogP contribution >= 0.6 is 0 Å². The molecule has 1 aliphatic carbocycles. The molecular weight excluding hydrogens is 248 g/mol. The smallest absolute Gasteiger partial charge is 0.223 e. The van der Waals surface area contributed by atoms with Gasteiger partial charge < -0.3 is 10.6 Å². The summed E-state index contributed by atoms with van der Waals surface area (Å²) >= 11 is 0. The fourth-order valence-electron chi connectivity index (χ4n) is 3.43. The fraction of sp³-hybridized carbons (Fsp3) is 0.588. The van der Waals surface area contributed by atoms with Crippen molar-refractivity contribution in [1.29, 1.82) is 0 Å². The lowest BCUT2D eigenvalue weighted by atomic mass is 9.83. The second-order valence-corrected chi connectivity index (χ2v) is 6.15. The van der Waals surface area contributed by atoms with Gasteiger partial charge in [-0.1, -0.05) is 24.3 Å². The Morgan fingerprint density at radius 3 is 2.90 bits per heavy atom. The van der Waals surface area contributed by atoms with Gasteiger partial charge in [-0.3, -0.25) is 4.79 Å². The maximum Gasteiger partial charge on any atom is 0.223 e. The summed E-state index contributed by atoms with van der Waals surface area (Å²) in [6.45, 7) is 3.09. The molecule has 1 amide bonds. The number of hydrogen-bond donors (Lipinski definition) is 2. The molecule has 3 rings (SSSR count). The van der Waals surface area contributed by atoms with E-state index >= 15 is 0 Å². The Morgan fingerprint density at radius 2 is 2.10 bits per heavy atom. The highest BCUT2D eigenvalue weighted by molar-refractivity contribution is 5.79. The third-order valence-electron chi connectivity index (χ3n) is 4.73. The molecule has 108 valence electrons. The van der Waals surface area contributed by atoms with Crippen LogP contribution in [0.5, 0.6) is 0 Å². The van der Waals surface area contributed by atoms with Crippen LogP contribution in [0.4, 0.5) is 0 Å². The summed E-state index contributed by atoms with van der Waals surface area (Å²) in [6.07, 6.45) is 5.32. The Labute approximate surface area is 121 Å². The van der Waals surface area contributed by atoms with Crippen LogP contribution < -0.4 is 10.6 Å². The van der Waals surface area contributed by atoms with Crippen LogP contribution in [0.25, 0.3) is 0 Å². The first-order valence-electron chi connectivity index (χ1n) is 7.88. The van der Waals surface area contributed by atoms with Crippen molar-refractivity contribution >= 4 is 5.91 Å². The van der Waals surface area contributed by atoms with Gasteiger partial charge in [0, 0.05) is 12.5 Å². The van der Waals surface area contributed by atoms with Crippen LogP contribution in [0.1, 0.15) is 30.4 Å². The van der Waals surface area contributed by atoms with E-state index in [9.17, 15) is 4.79 Å². The molecule has 1 fully saturated rings. The van der Waals surface area contributed by atoms with Gasteiger partial charge in [-0.05, 0) is 62.2 Å². The van der Waals surface area contributed by atoms with Crippen molar-refractivity contribution in [2.24, 2.45) is 11.8 Å². The molecule has 0 aromatic heterocycles. The van der Waals surface area contributed by atoms with Crippen LogP contribution in [0.3, 0.4) is 0 Å². The van der Waals surface area contributed by atoms with Crippen LogP contribution in [0, 0.1) is 11.8 Å². The Morgan fingerprint density at radius 1 is 1.25 bits per heavy atom. The summed E-state index contributed by atoms with van der Waals surface area (Å²) in [7, 11) is 0. The van der Waals surface area contributed by atoms with Gasteiger partial charge in [-0.15, -0.1) is 0 Å². The molecule has 1 aromatic carbocycles. The minimum Gasteiger partial charge on any atom is -0.356 e. The van der Waals surface area contributed by atoms with Crippen LogP contribution in [-0.4, -0.2) is 25.5 Å². The van der Waals surface area contributed by atoms with E-state index in [-0.39, 0.29) is 11.8 Å². The van der Waals surface area contributed by atoms with E-state index in [0.717, 1.165) is 51.2 Å². The molecule has 2 N–H and O–H groups in total. The number of benzene rings is 1. The normalized spacial score (nSPS) is 25.2. The summed E-state index contributed by atoms with van der Waals surface area (Å²) in [4.78, 5) is 12.3. The number of amides is 1. The highest BCUT2D eigenvalue weighted by Gasteiger charge is 2.24. The van der Waals surface area contributed by atoms with Gasteiger partial charge in [-0.2, -0.15) is 0 Å². The molecule has 2 atom stereocenters. The lowest BCUT2D eigenvalue weighted by molar-refractivity contribution is -0.125. The van der Waals surface area contributed by atoms with Crippen molar-refractivity contribution in [3.8, 4) is 0 Å². The van der Waals surface area contributed by atoms with Crippen LogP contribution in [0.2, 0.25) is 0 Å². The van der Waals surface area contributed by atoms with E-state index in [0.29, 0.717) is 0 Å². The summed E-state index contributed by atoms with van der Waals surface area (Å²) in [5.74, 6) is 1.18. The number of hydrogen-bond acceptors (Lipinski definition) is 2. The van der Waals surface area contributed by atoms with Gasteiger partial charge >= 0.3 is 0 Å². The monoisotopic (exact) mass is 272 g/mol. The Hall–Kier alpha value is -1.35. The number of nitrogens with one attached hydrogen (secondary N) is 2. The van der Waals surface area contributed by atoms with Crippen molar-refractivity contribution in [2.45, 2.75) is 32.1 Å². The van der Waals surface area contributed by atoms with Crippen molar-refractivity contribution in [3.05, 3.63) is 35.4 Å². The molecule has 3 nitrogen and oxygen atoms in total. The average Bonchev–Trinajstić information content (AvgIpc) is 3.00. The molecule has 3 heteroatoms. The average molecular weight is 272 g/mol. The van der Waals surface area contributed by atoms with Gasteiger partial charge in [0.15, 0.2) is 0 Å². The van der Waals surface area contributed by atoms with E-state index in [2.05, 4.69) is 34.9 Å². The predicted octanol–water partition coefficient (Wildman–Crippen LogP) is 1.91. The van der Waals surface area contributed by atoms with E-state index < -0.39 is 0 Å². The molecule has 2 unspecified atom stereocenters. The lowest BCUT2D eigenvalue weighted by Crippen LogP contribution is -2.35. The molecule has 1 saturated heterocycles. The first-order chi connectivity index (χ1) is 9.83. The number of carbonyl (C=O) groups is 1. The second kappa shape index (κ2) is 6.40. The minimum absolute atomic E-state index is 0.173. The molecule has 0 saturated carbocycles. The molecular formula is C17H24N2O. The maximum absolute atomic E-state index is 12.3.